The maximum atomic E-state index is 13.6. The van der Waals surface area contributed by atoms with Gasteiger partial charge in [0.15, 0.2) is 14.1 Å². The quantitative estimate of drug-likeness (QED) is 0.531. The van der Waals surface area contributed by atoms with Gasteiger partial charge in [-0.2, -0.15) is 0 Å². The molecule has 2 saturated carbocycles. The fourth-order valence-electron chi connectivity index (χ4n) is 4.86. The molecule has 2 fully saturated rings. The largest absolute Gasteiger partial charge is 0.474 e. The number of hydrogen-bond acceptors (Lipinski definition) is 6. The lowest BCUT2D eigenvalue weighted by Crippen LogP contribution is -2.44. The maximum absolute atomic E-state index is 13.6. The number of carbonyl (C=O) groups excluding carboxylic acids is 1. The number of hydrogen-bond donors (Lipinski definition) is 0. The summed E-state index contributed by atoms with van der Waals surface area (Å²) in [5.74, 6) is 2.38. The van der Waals surface area contributed by atoms with Gasteiger partial charge >= 0.3 is 0 Å². The van der Waals surface area contributed by atoms with Crippen molar-refractivity contribution < 1.29 is 14.0 Å². The highest BCUT2D eigenvalue weighted by molar-refractivity contribution is 6.74. The Labute approximate surface area is 203 Å². The predicted octanol–water partition coefficient (Wildman–Crippen LogP) is 5.16. The molecule has 0 atom stereocenters. The molecule has 1 aliphatic heterocycles. The fourth-order valence-corrected chi connectivity index (χ4v) is 5.78. The molecule has 3 heterocycles. The summed E-state index contributed by atoms with van der Waals surface area (Å²) < 4.78 is 12.4. The highest BCUT2D eigenvalue weighted by Gasteiger charge is 2.61. The van der Waals surface area contributed by atoms with Crippen LogP contribution < -0.4 is 9.64 Å². The number of pyridine rings is 1. The van der Waals surface area contributed by atoms with Crippen LogP contribution in [0, 0.1) is 0 Å². The molecule has 0 saturated heterocycles. The maximum Gasteiger partial charge on any atom is 0.239 e. The number of carbonyl (C=O) groups is 1. The van der Waals surface area contributed by atoms with E-state index in [1.54, 1.807) is 6.20 Å². The Kier molecular flexibility index (Phi) is 5.79. The summed E-state index contributed by atoms with van der Waals surface area (Å²) in [6.45, 7) is 11.6. The molecular formula is C26H36N4O3Si. The third kappa shape index (κ3) is 4.15. The predicted molar refractivity (Wildman–Crippen MR) is 133 cm³/mol. The van der Waals surface area contributed by atoms with Gasteiger partial charge in [0.1, 0.15) is 11.9 Å². The standard InChI is InChI=1S/C26H36N4O3Si/c1-25(2,3)34(4,5)32-17-21-28-16-20-23(29-21)30(24(31)26(20)13-14-26)18-9-11-19(12-10-18)33-22-8-6-7-15-27-22/h6-8,15-16,18-19H,9-14,17H2,1-5H3. The van der Waals surface area contributed by atoms with Crippen LogP contribution in [0.1, 0.15) is 70.7 Å². The van der Waals surface area contributed by atoms with Crippen LogP contribution in [0.25, 0.3) is 0 Å². The number of aromatic nitrogens is 3. The molecule has 0 unspecified atom stereocenters. The van der Waals surface area contributed by atoms with Gasteiger partial charge < -0.3 is 9.16 Å². The molecule has 182 valence electrons. The molecule has 2 aliphatic carbocycles. The Balaban J connectivity index is 1.31. The Morgan fingerprint density at radius 3 is 2.47 bits per heavy atom. The van der Waals surface area contributed by atoms with Gasteiger partial charge in [-0.15, -0.1) is 0 Å². The molecule has 3 aliphatic rings. The van der Waals surface area contributed by atoms with Crippen molar-refractivity contribution in [2.75, 3.05) is 4.90 Å². The van der Waals surface area contributed by atoms with Crippen molar-refractivity contribution in [1.29, 1.82) is 0 Å². The van der Waals surface area contributed by atoms with E-state index >= 15 is 0 Å². The molecule has 34 heavy (non-hydrogen) atoms. The Morgan fingerprint density at radius 1 is 1.12 bits per heavy atom. The van der Waals surface area contributed by atoms with Gasteiger partial charge in [0.25, 0.3) is 0 Å². The van der Waals surface area contributed by atoms with Crippen molar-refractivity contribution in [3.05, 3.63) is 42.0 Å². The van der Waals surface area contributed by atoms with E-state index in [2.05, 4.69) is 43.8 Å². The number of amides is 1. The van der Waals surface area contributed by atoms with E-state index in [0.29, 0.717) is 18.3 Å². The molecule has 2 aromatic heterocycles. The number of nitrogens with zero attached hydrogens (tertiary/aromatic N) is 4. The Bertz CT molecular complexity index is 1060. The van der Waals surface area contributed by atoms with Gasteiger partial charge in [0, 0.05) is 30.1 Å². The molecule has 5 rings (SSSR count). The van der Waals surface area contributed by atoms with Crippen LogP contribution in [0.15, 0.2) is 30.6 Å². The van der Waals surface area contributed by atoms with Crippen molar-refractivity contribution in [3.8, 4) is 5.88 Å². The summed E-state index contributed by atoms with van der Waals surface area (Å²) in [6, 6.07) is 5.88. The van der Waals surface area contributed by atoms with E-state index in [1.165, 1.54) is 0 Å². The van der Waals surface area contributed by atoms with E-state index in [-0.39, 0.29) is 28.5 Å². The lowest BCUT2D eigenvalue weighted by atomic mass is 9.91. The van der Waals surface area contributed by atoms with E-state index in [0.717, 1.165) is 49.9 Å². The molecule has 0 aromatic carbocycles. The minimum absolute atomic E-state index is 0.125. The van der Waals surface area contributed by atoms with E-state index in [1.807, 2.05) is 29.3 Å². The summed E-state index contributed by atoms with van der Waals surface area (Å²) in [5, 5.41) is 0.125. The lowest BCUT2D eigenvalue weighted by Gasteiger charge is -2.36. The first-order valence-corrected chi connectivity index (χ1v) is 15.4. The molecule has 8 heteroatoms. The zero-order chi connectivity index (χ0) is 24.1. The van der Waals surface area contributed by atoms with Crippen LogP contribution in [-0.2, 0) is 21.2 Å². The second-order valence-corrected chi connectivity index (χ2v) is 16.4. The molecule has 0 bridgehead atoms. The zero-order valence-electron chi connectivity index (χ0n) is 21.0. The average molecular weight is 481 g/mol. The van der Waals surface area contributed by atoms with Crippen molar-refractivity contribution in [1.82, 2.24) is 15.0 Å². The zero-order valence-corrected chi connectivity index (χ0v) is 22.0. The number of rotatable bonds is 6. The third-order valence-corrected chi connectivity index (χ3v) is 12.7. The molecule has 0 N–H and O–H groups in total. The van der Waals surface area contributed by atoms with E-state index in [4.69, 9.17) is 14.1 Å². The van der Waals surface area contributed by atoms with E-state index < -0.39 is 8.32 Å². The first-order valence-electron chi connectivity index (χ1n) is 12.5. The van der Waals surface area contributed by atoms with Gasteiger partial charge in [0.05, 0.1) is 12.0 Å². The van der Waals surface area contributed by atoms with Crippen molar-refractivity contribution in [2.45, 2.75) is 102 Å². The lowest BCUT2D eigenvalue weighted by molar-refractivity contribution is -0.120. The van der Waals surface area contributed by atoms with Crippen LogP contribution in [-0.4, -0.2) is 41.3 Å². The number of fused-ring (bicyclic) bond motifs is 2. The topological polar surface area (TPSA) is 77.4 Å². The monoisotopic (exact) mass is 480 g/mol. The minimum Gasteiger partial charge on any atom is -0.474 e. The first kappa shape index (κ1) is 23.4. The molecule has 0 radical (unpaired) electrons. The van der Waals surface area contributed by atoms with Gasteiger partial charge in [-0.25, -0.2) is 15.0 Å². The number of ether oxygens (including phenoxy) is 1. The van der Waals surface area contributed by atoms with Crippen LogP contribution >= 0.6 is 0 Å². The Hall–Kier alpha value is -2.32. The molecule has 1 amide bonds. The smallest absolute Gasteiger partial charge is 0.239 e. The summed E-state index contributed by atoms with van der Waals surface area (Å²) in [6.07, 6.45) is 9.19. The van der Waals surface area contributed by atoms with Crippen LogP contribution in [0.5, 0.6) is 5.88 Å². The van der Waals surface area contributed by atoms with E-state index in [9.17, 15) is 4.79 Å². The number of anilines is 1. The fraction of sp³-hybridized carbons (Fsp3) is 0.615. The van der Waals surface area contributed by atoms with Crippen LogP contribution in [0.2, 0.25) is 18.1 Å². The minimum atomic E-state index is -1.91. The second-order valence-electron chi connectivity index (χ2n) is 11.5. The second kappa shape index (κ2) is 8.41. The summed E-state index contributed by atoms with van der Waals surface area (Å²) >= 11 is 0. The van der Waals surface area contributed by atoms with Gasteiger partial charge in [-0.3, -0.25) is 9.69 Å². The summed E-state index contributed by atoms with van der Waals surface area (Å²) in [5.41, 5.74) is 0.635. The van der Waals surface area contributed by atoms with Crippen molar-refractivity contribution in [2.24, 2.45) is 0 Å². The Morgan fingerprint density at radius 2 is 1.85 bits per heavy atom. The average Bonchev–Trinajstić information content (AvgIpc) is 3.57. The SMILES string of the molecule is CC(C)(C)[Si](C)(C)OCc1ncc2c(n1)N(C1CCC(Oc3ccccn3)CC1)C(=O)C21CC1. The molecule has 1 spiro atoms. The summed E-state index contributed by atoms with van der Waals surface area (Å²) in [7, 11) is -1.91. The molecule has 2 aromatic rings. The normalized spacial score (nSPS) is 23.8. The van der Waals surface area contributed by atoms with Crippen LogP contribution in [0.3, 0.4) is 0 Å². The van der Waals surface area contributed by atoms with Gasteiger partial charge in [-0.1, -0.05) is 26.8 Å². The highest BCUT2D eigenvalue weighted by Crippen LogP contribution is 2.57. The van der Waals surface area contributed by atoms with Crippen molar-refractivity contribution in [3.63, 3.8) is 0 Å². The van der Waals surface area contributed by atoms with Gasteiger partial charge in [-0.05, 0) is 62.7 Å². The highest BCUT2D eigenvalue weighted by atomic mass is 28.4. The van der Waals surface area contributed by atoms with Crippen LogP contribution in [0.4, 0.5) is 5.82 Å². The summed E-state index contributed by atoms with van der Waals surface area (Å²) in [4.78, 5) is 29.4. The third-order valence-electron chi connectivity index (χ3n) is 8.24. The first-order chi connectivity index (χ1) is 16.1. The van der Waals surface area contributed by atoms with Gasteiger partial charge in [0.2, 0.25) is 11.8 Å². The molecule has 7 nitrogen and oxygen atoms in total. The van der Waals surface area contributed by atoms with Crippen molar-refractivity contribution >= 4 is 20.0 Å². The molecular weight excluding hydrogens is 444 g/mol.